The van der Waals surface area contributed by atoms with Crippen molar-refractivity contribution in [2.75, 3.05) is 13.2 Å². The third-order valence-electron chi connectivity index (χ3n) is 3.63. The van der Waals surface area contributed by atoms with Crippen LogP contribution in [0.4, 0.5) is 0 Å². The molecule has 0 aliphatic carbocycles. The van der Waals surface area contributed by atoms with Crippen LogP contribution in [0.15, 0.2) is 53.3 Å². The predicted molar refractivity (Wildman–Crippen MR) is 90.3 cm³/mol. The van der Waals surface area contributed by atoms with E-state index in [2.05, 4.69) is 4.98 Å². The van der Waals surface area contributed by atoms with Crippen LogP contribution in [-0.2, 0) is 6.54 Å². The van der Waals surface area contributed by atoms with Crippen LogP contribution >= 0.6 is 0 Å². The SMILES string of the molecule is CCn1c(=O)[nH]c2ccc(OCCCOc3ccccc3)cc21. The zero-order valence-electron chi connectivity index (χ0n) is 13.1. The van der Waals surface area contributed by atoms with Gasteiger partial charge in [-0.1, -0.05) is 18.2 Å². The fourth-order valence-corrected chi connectivity index (χ4v) is 2.49. The lowest BCUT2D eigenvalue weighted by atomic mass is 10.3. The summed E-state index contributed by atoms with van der Waals surface area (Å²) in [4.78, 5) is 14.6. The summed E-state index contributed by atoms with van der Waals surface area (Å²) in [5, 5.41) is 0. The van der Waals surface area contributed by atoms with E-state index < -0.39 is 0 Å². The lowest BCUT2D eigenvalue weighted by Gasteiger charge is -2.08. The van der Waals surface area contributed by atoms with Gasteiger partial charge in [-0.2, -0.15) is 0 Å². The summed E-state index contributed by atoms with van der Waals surface area (Å²) in [7, 11) is 0. The number of rotatable bonds is 7. The molecular weight excluding hydrogens is 292 g/mol. The van der Waals surface area contributed by atoms with Gasteiger partial charge < -0.3 is 14.5 Å². The molecule has 0 aliphatic rings. The molecule has 5 nitrogen and oxygen atoms in total. The summed E-state index contributed by atoms with van der Waals surface area (Å²) < 4.78 is 13.1. The molecule has 1 N–H and O–H groups in total. The minimum atomic E-state index is -0.0871. The van der Waals surface area contributed by atoms with Gasteiger partial charge in [0, 0.05) is 19.0 Å². The fraction of sp³-hybridized carbons (Fsp3) is 0.278. The molecule has 1 aromatic heterocycles. The number of hydrogen-bond donors (Lipinski definition) is 1. The normalized spacial score (nSPS) is 10.8. The molecule has 0 amide bonds. The van der Waals surface area contributed by atoms with Crippen LogP contribution in [0.3, 0.4) is 0 Å². The van der Waals surface area contributed by atoms with Gasteiger partial charge in [0.05, 0.1) is 24.2 Å². The van der Waals surface area contributed by atoms with Crippen LogP contribution in [-0.4, -0.2) is 22.8 Å². The first-order valence-corrected chi connectivity index (χ1v) is 7.81. The van der Waals surface area contributed by atoms with Crippen molar-refractivity contribution < 1.29 is 9.47 Å². The Morgan fingerprint density at radius 1 is 1.00 bits per heavy atom. The lowest BCUT2D eigenvalue weighted by molar-refractivity contribution is 0.247. The number of nitrogens with zero attached hydrogens (tertiary/aromatic N) is 1. The standard InChI is InChI=1S/C18H20N2O3/c1-2-20-17-13-15(9-10-16(17)19-18(20)21)23-12-6-11-22-14-7-4-3-5-8-14/h3-5,7-10,13H,2,6,11-12H2,1H3,(H,19,21). The van der Waals surface area contributed by atoms with Crippen LogP contribution in [0.5, 0.6) is 11.5 Å². The molecular formula is C18H20N2O3. The minimum Gasteiger partial charge on any atom is -0.493 e. The Hall–Kier alpha value is -2.69. The zero-order chi connectivity index (χ0) is 16.1. The molecule has 23 heavy (non-hydrogen) atoms. The number of aryl methyl sites for hydroxylation is 1. The average Bonchev–Trinajstić information content (AvgIpc) is 2.90. The van der Waals surface area contributed by atoms with Crippen LogP contribution in [0.1, 0.15) is 13.3 Å². The molecule has 0 unspecified atom stereocenters. The summed E-state index contributed by atoms with van der Waals surface area (Å²) in [6.07, 6.45) is 0.792. The van der Waals surface area contributed by atoms with Gasteiger partial charge >= 0.3 is 5.69 Å². The molecule has 0 aliphatic heterocycles. The van der Waals surface area contributed by atoms with Crippen molar-refractivity contribution in [1.82, 2.24) is 9.55 Å². The second-order valence-corrected chi connectivity index (χ2v) is 5.22. The summed E-state index contributed by atoms with van der Waals surface area (Å²) in [6.45, 7) is 3.76. The molecule has 0 saturated heterocycles. The molecule has 0 saturated carbocycles. The molecule has 0 spiro atoms. The second-order valence-electron chi connectivity index (χ2n) is 5.22. The van der Waals surface area contributed by atoms with Gasteiger partial charge in [0.25, 0.3) is 0 Å². The van der Waals surface area contributed by atoms with Crippen molar-refractivity contribution in [2.24, 2.45) is 0 Å². The maximum absolute atomic E-state index is 11.8. The zero-order valence-corrected chi connectivity index (χ0v) is 13.1. The smallest absolute Gasteiger partial charge is 0.326 e. The number of hydrogen-bond acceptors (Lipinski definition) is 3. The maximum Gasteiger partial charge on any atom is 0.326 e. The van der Waals surface area contributed by atoms with E-state index in [-0.39, 0.29) is 5.69 Å². The number of fused-ring (bicyclic) bond motifs is 1. The average molecular weight is 312 g/mol. The van der Waals surface area contributed by atoms with Crippen molar-refractivity contribution in [3.63, 3.8) is 0 Å². The van der Waals surface area contributed by atoms with E-state index >= 15 is 0 Å². The molecule has 3 rings (SSSR count). The topological polar surface area (TPSA) is 56.2 Å². The summed E-state index contributed by atoms with van der Waals surface area (Å²) >= 11 is 0. The minimum absolute atomic E-state index is 0.0871. The van der Waals surface area contributed by atoms with Crippen LogP contribution < -0.4 is 15.2 Å². The number of H-pyrrole nitrogens is 1. The molecule has 120 valence electrons. The quantitative estimate of drug-likeness (QED) is 0.682. The van der Waals surface area contributed by atoms with Gasteiger partial charge in [0.1, 0.15) is 11.5 Å². The number of imidazole rings is 1. The Morgan fingerprint density at radius 2 is 1.74 bits per heavy atom. The van der Waals surface area contributed by atoms with E-state index in [4.69, 9.17) is 9.47 Å². The molecule has 2 aromatic carbocycles. The number of ether oxygens (including phenoxy) is 2. The third-order valence-corrected chi connectivity index (χ3v) is 3.63. The second kappa shape index (κ2) is 7.05. The molecule has 5 heteroatoms. The van der Waals surface area contributed by atoms with Crippen LogP contribution in [0, 0.1) is 0 Å². The Morgan fingerprint density at radius 3 is 2.48 bits per heavy atom. The fourth-order valence-electron chi connectivity index (χ4n) is 2.49. The molecule has 1 heterocycles. The van der Waals surface area contributed by atoms with E-state index in [9.17, 15) is 4.79 Å². The van der Waals surface area contributed by atoms with Gasteiger partial charge in [0.2, 0.25) is 0 Å². The van der Waals surface area contributed by atoms with Crippen molar-refractivity contribution in [3.8, 4) is 11.5 Å². The highest BCUT2D eigenvalue weighted by Gasteiger charge is 2.06. The van der Waals surface area contributed by atoms with Gasteiger partial charge in [-0.25, -0.2) is 4.79 Å². The number of para-hydroxylation sites is 1. The first kappa shape index (κ1) is 15.2. The predicted octanol–water partition coefficient (Wildman–Crippen LogP) is 3.20. The van der Waals surface area contributed by atoms with E-state index in [0.29, 0.717) is 19.8 Å². The summed E-state index contributed by atoms with van der Waals surface area (Å²) in [6, 6.07) is 15.4. The highest BCUT2D eigenvalue weighted by atomic mass is 16.5. The van der Waals surface area contributed by atoms with Gasteiger partial charge in [-0.3, -0.25) is 4.57 Å². The van der Waals surface area contributed by atoms with Crippen LogP contribution in [0.2, 0.25) is 0 Å². The molecule has 3 aromatic rings. The first-order valence-electron chi connectivity index (χ1n) is 7.81. The maximum atomic E-state index is 11.8. The molecule has 0 bridgehead atoms. The van der Waals surface area contributed by atoms with Gasteiger partial charge in [-0.15, -0.1) is 0 Å². The van der Waals surface area contributed by atoms with Gasteiger partial charge in [-0.05, 0) is 31.2 Å². The molecule has 0 atom stereocenters. The van der Waals surface area contributed by atoms with Crippen molar-refractivity contribution in [2.45, 2.75) is 19.9 Å². The number of benzene rings is 2. The van der Waals surface area contributed by atoms with E-state index in [1.807, 2.05) is 55.5 Å². The number of aromatic nitrogens is 2. The van der Waals surface area contributed by atoms with Crippen LogP contribution in [0.25, 0.3) is 11.0 Å². The number of nitrogens with one attached hydrogen (secondary N) is 1. The summed E-state index contributed by atoms with van der Waals surface area (Å²) in [5.41, 5.74) is 1.61. The van der Waals surface area contributed by atoms with Crippen molar-refractivity contribution in [3.05, 3.63) is 59.0 Å². The molecule has 0 fully saturated rings. The largest absolute Gasteiger partial charge is 0.493 e. The Labute approximate surface area is 134 Å². The monoisotopic (exact) mass is 312 g/mol. The first-order chi connectivity index (χ1) is 11.3. The summed E-state index contributed by atoms with van der Waals surface area (Å²) in [5.74, 6) is 1.63. The van der Waals surface area contributed by atoms with E-state index in [1.165, 1.54) is 0 Å². The van der Waals surface area contributed by atoms with E-state index in [1.54, 1.807) is 4.57 Å². The Kier molecular flexibility index (Phi) is 4.66. The Bertz CT molecular complexity index is 821. The van der Waals surface area contributed by atoms with Crippen molar-refractivity contribution in [1.29, 1.82) is 0 Å². The Balaban J connectivity index is 1.54. The lowest BCUT2D eigenvalue weighted by Crippen LogP contribution is -2.15. The van der Waals surface area contributed by atoms with Crippen molar-refractivity contribution >= 4 is 11.0 Å². The molecule has 0 radical (unpaired) electrons. The third kappa shape index (κ3) is 3.56. The highest BCUT2D eigenvalue weighted by Crippen LogP contribution is 2.19. The van der Waals surface area contributed by atoms with E-state index in [0.717, 1.165) is 29.0 Å². The highest BCUT2D eigenvalue weighted by molar-refractivity contribution is 5.76. The number of aromatic amines is 1. The van der Waals surface area contributed by atoms with Gasteiger partial charge in [0.15, 0.2) is 0 Å².